The molecule has 3 aromatic rings. The van der Waals surface area contributed by atoms with E-state index in [9.17, 15) is 4.79 Å². The molecule has 106 valence electrons. The molecule has 0 saturated carbocycles. The van der Waals surface area contributed by atoms with Crippen LogP contribution in [0.15, 0.2) is 53.1 Å². The summed E-state index contributed by atoms with van der Waals surface area (Å²) in [5.41, 5.74) is 2.73. The van der Waals surface area contributed by atoms with Gasteiger partial charge in [-0.15, -0.1) is 0 Å². The van der Waals surface area contributed by atoms with E-state index in [4.69, 9.17) is 14.3 Å². The summed E-state index contributed by atoms with van der Waals surface area (Å²) in [6, 6.07) is 12.6. The molecule has 0 atom stereocenters. The Hall–Kier alpha value is -2.75. The number of hydrogen-bond donors (Lipinski definition) is 1. The van der Waals surface area contributed by atoms with E-state index in [0.29, 0.717) is 12.2 Å². The van der Waals surface area contributed by atoms with Gasteiger partial charge in [0.15, 0.2) is 0 Å². The van der Waals surface area contributed by atoms with Crippen LogP contribution in [0.25, 0.3) is 11.0 Å². The Morgan fingerprint density at radius 3 is 2.81 bits per heavy atom. The number of fused-ring (bicyclic) bond motifs is 1. The van der Waals surface area contributed by atoms with E-state index >= 15 is 0 Å². The van der Waals surface area contributed by atoms with Crippen molar-refractivity contribution in [3.05, 3.63) is 65.4 Å². The number of hydrogen-bond acceptors (Lipinski definition) is 3. The third-order valence-electron chi connectivity index (χ3n) is 3.38. The number of aryl methyl sites for hydroxylation is 1. The average Bonchev–Trinajstić information content (AvgIpc) is 2.88. The molecular formula is C17H14O4. The Kier molecular flexibility index (Phi) is 3.36. The summed E-state index contributed by atoms with van der Waals surface area (Å²) in [5.74, 6) is -0.139. The molecule has 1 N–H and O–H groups in total. The SMILES string of the molecule is Cc1ccccc1OCc1coc2cc(C(=O)O)ccc12. The lowest BCUT2D eigenvalue weighted by atomic mass is 10.1. The van der Waals surface area contributed by atoms with Crippen LogP contribution >= 0.6 is 0 Å². The van der Waals surface area contributed by atoms with Gasteiger partial charge in [-0.1, -0.05) is 18.2 Å². The van der Waals surface area contributed by atoms with Gasteiger partial charge in [-0.05, 0) is 36.8 Å². The monoisotopic (exact) mass is 282 g/mol. The van der Waals surface area contributed by atoms with Crippen molar-refractivity contribution in [2.24, 2.45) is 0 Å². The molecular weight excluding hydrogens is 268 g/mol. The van der Waals surface area contributed by atoms with E-state index < -0.39 is 5.97 Å². The molecule has 0 radical (unpaired) electrons. The van der Waals surface area contributed by atoms with E-state index in [-0.39, 0.29) is 5.56 Å². The fourth-order valence-corrected chi connectivity index (χ4v) is 2.20. The third-order valence-corrected chi connectivity index (χ3v) is 3.38. The quantitative estimate of drug-likeness (QED) is 0.785. The number of furan rings is 1. The van der Waals surface area contributed by atoms with E-state index in [0.717, 1.165) is 22.3 Å². The van der Waals surface area contributed by atoms with Crippen LogP contribution in [0.4, 0.5) is 0 Å². The maximum Gasteiger partial charge on any atom is 0.335 e. The van der Waals surface area contributed by atoms with E-state index in [1.54, 1.807) is 18.4 Å². The standard InChI is InChI=1S/C17H14O4/c1-11-4-2-3-5-15(11)20-9-13-10-21-16-8-12(17(18)19)6-7-14(13)16/h2-8,10H,9H2,1H3,(H,18,19). The van der Waals surface area contributed by atoms with E-state index in [1.165, 1.54) is 6.07 Å². The van der Waals surface area contributed by atoms with Crippen molar-refractivity contribution >= 4 is 16.9 Å². The van der Waals surface area contributed by atoms with Gasteiger partial charge in [-0.3, -0.25) is 0 Å². The Morgan fingerprint density at radius 1 is 1.24 bits per heavy atom. The second-order valence-corrected chi connectivity index (χ2v) is 4.83. The molecule has 0 unspecified atom stereocenters. The van der Waals surface area contributed by atoms with Crippen LogP contribution in [0.1, 0.15) is 21.5 Å². The van der Waals surface area contributed by atoms with Gasteiger partial charge in [-0.25, -0.2) is 4.79 Å². The second kappa shape index (κ2) is 5.32. The first-order valence-corrected chi connectivity index (χ1v) is 6.57. The summed E-state index contributed by atoms with van der Waals surface area (Å²) in [7, 11) is 0. The van der Waals surface area contributed by atoms with Crippen molar-refractivity contribution in [3.8, 4) is 5.75 Å². The van der Waals surface area contributed by atoms with Crippen molar-refractivity contribution in [1.29, 1.82) is 0 Å². The predicted octanol–water partition coefficient (Wildman–Crippen LogP) is 4.02. The predicted molar refractivity (Wildman–Crippen MR) is 78.7 cm³/mol. The topological polar surface area (TPSA) is 59.7 Å². The van der Waals surface area contributed by atoms with E-state index in [1.807, 2.05) is 31.2 Å². The largest absolute Gasteiger partial charge is 0.488 e. The first kappa shape index (κ1) is 13.2. The van der Waals surface area contributed by atoms with Crippen molar-refractivity contribution in [2.45, 2.75) is 13.5 Å². The second-order valence-electron chi connectivity index (χ2n) is 4.83. The number of rotatable bonds is 4. The molecule has 0 saturated heterocycles. The Balaban J connectivity index is 1.85. The van der Waals surface area contributed by atoms with Gasteiger partial charge in [-0.2, -0.15) is 0 Å². The molecule has 4 nitrogen and oxygen atoms in total. The highest BCUT2D eigenvalue weighted by molar-refractivity contribution is 5.93. The highest BCUT2D eigenvalue weighted by atomic mass is 16.5. The summed E-state index contributed by atoms with van der Waals surface area (Å²) in [6.45, 7) is 2.37. The average molecular weight is 282 g/mol. The Morgan fingerprint density at radius 2 is 2.05 bits per heavy atom. The molecule has 0 fully saturated rings. The maximum atomic E-state index is 10.9. The zero-order chi connectivity index (χ0) is 14.8. The van der Waals surface area contributed by atoms with Crippen molar-refractivity contribution < 1.29 is 19.1 Å². The van der Waals surface area contributed by atoms with Crippen molar-refractivity contribution in [2.75, 3.05) is 0 Å². The van der Waals surface area contributed by atoms with Gasteiger partial charge in [0.05, 0.1) is 11.8 Å². The smallest absolute Gasteiger partial charge is 0.335 e. The lowest BCUT2D eigenvalue weighted by molar-refractivity contribution is 0.0697. The van der Waals surface area contributed by atoms with Crippen LogP contribution in [-0.2, 0) is 6.61 Å². The third kappa shape index (κ3) is 2.60. The lowest BCUT2D eigenvalue weighted by Crippen LogP contribution is -1.97. The molecule has 0 aliphatic carbocycles. The van der Waals surface area contributed by atoms with Crippen molar-refractivity contribution in [1.82, 2.24) is 0 Å². The van der Waals surface area contributed by atoms with Crippen LogP contribution in [-0.4, -0.2) is 11.1 Å². The number of para-hydroxylation sites is 1. The van der Waals surface area contributed by atoms with Gasteiger partial charge < -0.3 is 14.3 Å². The zero-order valence-corrected chi connectivity index (χ0v) is 11.5. The molecule has 1 aromatic heterocycles. The van der Waals surface area contributed by atoms with Crippen LogP contribution in [0.2, 0.25) is 0 Å². The zero-order valence-electron chi connectivity index (χ0n) is 11.5. The van der Waals surface area contributed by atoms with Crippen LogP contribution in [0.5, 0.6) is 5.75 Å². The molecule has 0 aliphatic heterocycles. The number of ether oxygens (including phenoxy) is 1. The Labute approximate surface area is 121 Å². The molecule has 2 aromatic carbocycles. The van der Waals surface area contributed by atoms with Crippen molar-refractivity contribution in [3.63, 3.8) is 0 Å². The summed E-state index contributed by atoms with van der Waals surface area (Å²) in [6.07, 6.45) is 1.61. The molecule has 0 aliphatic rings. The molecule has 21 heavy (non-hydrogen) atoms. The first-order chi connectivity index (χ1) is 10.1. The lowest BCUT2D eigenvalue weighted by Gasteiger charge is -2.07. The van der Waals surface area contributed by atoms with Crippen LogP contribution in [0.3, 0.4) is 0 Å². The number of benzene rings is 2. The van der Waals surface area contributed by atoms with E-state index in [2.05, 4.69) is 0 Å². The number of carboxylic acids is 1. The molecule has 1 heterocycles. The molecule has 3 rings (SSSR count). The summed E-state index contributed by atoms with van der Waals surface area (Å²) in [5, 5.41) is 9.84. The van der Waals surface area contributed by atoms with Gasteiger partial charge in [0.1, 0.15) is 17.9 Å². The van der Waals surface area contributed by atoms with Gasteiger partial charge in [0, 0.05) is 10.9 Å². The molecule has 0 bridgehead atoms. The molecule has 4 heteroatoms. The van der Waals surface area contributed by atoms with Crippen LogP contribution in [0, 0.1) is 6.92 Å². The summed E-state index contributed by atoms with van der Waals surface area (Å²) >= 11 is 0. The molecule has 0 spiro atoms. The first-order valence-electron chi connectivity index (χ1n) is 6.57. The number of carbonyl (C=O) groups is 1. The minimum absolute atomic E-state index is 0.211. The van der Waals surface area contributed by atoms with Gasteiger partial charge in [0.25, 0.3) is 0 Å². The highest BCUT2D eigenvalue weighted by Gasteiger charge is 2.10. The fourth-order valence-electron chi connectivity index (χ4n) is 2.20. The minimum atomic E-state index is -0.967. The molecule has 0 amide bonds. The maximum absolute atomic E-state index is 10.9. The fraction of sp³-hybridized carbons (Fsp3) is 0.118. The highest BCUT2D eigenvalue weighted by Crippen LogP contribution is 2.25. The number of carboxylic acid groups (broad SMARTS) is 1. The summed E-state index contributed by atoms with van der Waals surface area (Å²) in [4.78, 5) is 10.9. The van der Waals surface area contributed by atoms with Gasteiger partial charge in [0.2, 0.25) is 0 Å². The minimum Gasteiger partial charge on any atom is -0.488 e. The Bertz CT molecular complexity index is 801. The number of aromatic carboxylic acids is 1. The normalized spacial score (nSPS) is 10.7. The van der Waals surface area contributed by atoms with Gasteiger partial charge >= 0.3 is 5.97 Å². The summed E-state index contributed by atoms with van der Waals surface area (Å²) < 4.78 is 11.2. The van der Waals surface area contributed by atoms with Crippen LogP contribution < -0.4 is 4.74 Å².